The molecule has 3 aromatic carbocycles. The van der Waals surface area contributed by atoms with E-state index in [1.807, 2.05) is 78.9 Å². The molecule has 0 bridgehead atoms. The van der Waals surface area contributed by atoms with E-state index in [-0.39, 0.29) is 17.3 Å². The monoisotopic (exact) mass is 465 g/mol. The molecule has 3 aromatic rings. The number of Topliss-reactive ketones (excluding diaryl/α,β-unsaturated/α-hetero) is 1. The normalized spacial score (nSPS) is 17.8. The Morgan fingerprint density at radius 2 is 1.29 bits per heavy atom. The van der Waals surface area contributed by atoms with Crippen LogP contribution in [0.3, 0.4) is 0 Å². The number of guanidine groups is 1. The Bertz CT molecular complexity index is 1180. The first-order valence-electron chi connectivity index (χ1n) is 12.5. The Kier molecular flexibility index (Phi) is 6.25. The van der Waals surface area contributed by atoms with Gasteiger partial charge < -0.3 is 5.73 Å². The van der Waals surface area contributed by atoms with E-state index in [0.29, 0.717) is 18.7 Å². The maximum Gasteiger partial charge on any atom is 0.266 e. The number of nitrogens with two attached hydrogens (primary N) is 1. The molecule has 0 aromatic heterocycles. The Balaban J connectivity index is 1.22. The molecular formula is C30H31N3O2. The van der Waals surface area contributed by atoms with Crippen molar-refractivity contribution < 1.29 is 9.59 Å². The van der Waals surface area contributed by atoms with Gasteiger partial charge in [0.05, 0.1) is 5.41 Å². The fourth-order valence-corrected chi connectivity index (χ4v) is 5.28. The Morgan fingerprint density at radius 3 is 1.80 bits per heavy atom. The van der Waals surface area contributed by atoms with Crippen molar-refractivity contribution in [2.45, 2.75) is 49.5 Å². The fraction of sp³-hybridized carbons (Fsp3) is 0.300. The highest BCUT2D eigenvalue weighted by atomic mass is 16.2. The summed E-state index contributed by atoms with van der Waals surface area (Å²) in [5.41, 5.74) is 7.67. The molecule has 5 heteroatoms. The first-order chi connectivity index (χ1) is 17.1. The standard InChI is InChI=1S/C30H31N3O2/c31-28-32-30(24-15-7-2-8-16-24,25-17-9-3-10-18-25)27(35)33(28)22-12-4-11-19-26(34)29(20-21-29)23-13-5-1-6-14-23/h1-3,5-10,13-18H,4,11-12,19-22H2,(H2,31,32). The van der Waals surface area contributed by atoms with Crippen LogP contribution < -0.4 is 5.73 Å². The lowest BCUT2D eigenvalue weighted by atomic mass is 9.83. The van der Waals surface area contributed by atoms with Crippen LogP contribution in [0.25, 0.3) is 0 Å². The summed E-state index contributed by atoms with van der Waals surface area (Å²) < 4.78 is 0. The molecule has 0 spiro atoms. The van der Waals surface area contributed by atoms with E-state index in [2.05, 4.69) is 12.1 Å². The summed E-state index contributed by atoms with van der Waals surface area (Å²) in [5.74, 6) is 0.471. The van der Waals surface area contributed by atoms with Crippen molar-refractivity contribution in [1.82, 2.24) is 4.90 Å². The molecule has 0 radical (unpaired) electrons. The van der Waals surface area contributed by atoms with E-state index in [1.54, 1.807) is 4.90 Å². The van der Waals surface area contributed by atoms with Crippen LogP contribution in [0.4, 0.5) is 0 Å². The van der Waals surface area contributed by atoms with Gasteiger partial charge in [-0.3, -0.25) is 14.5 Å². The van der Waals surface area contributed by atoms with Gasteiger partial charge in [0.1, 0.15) is 5.78 Å². The molecule has 1 aliphatic carbocycles. The molecular weight excluding hydrogens is 434 g/mol. The number of rotatable bonds is 10. The van der Waals surface area contributed by atoms with Crippen molar-refractivity contribution >= 4 is 17.6 Å². The summed E-state index contributed by atoms with van der Waals surface area (Å²) in [6, 6.07) is 29.4. The highest BCUT2D eigenvalue weighted by Crippen LogP contribution is 2.49. The topological polar surface area (TPSA) is 75.8 Å². The number of unbranched alkanes of at least 4 members (excludes halogenated alkanes) is 2. The van der Waals surface area contributed by atoms with E-state index in [0.717, 1.165) is 48.8 Å². The van der Waals surface area contributed by atoms with Gasteiger partial charge in [-0.05, 0) is 42.4 Å². The van der Waals surface area contributed by atoms with E-state index < -0.39 is 5.54 Å². The molecule has 0 saturated heterocycles. The molecule has 2 N–H and O–H groups in total. The smallest absolute Gasteiger partial charge is 0.266 e. The lowest BCUT2D eigenvalue weighted by Crippen LogP contribution is -2.44. The molecule has 0 unspecified atom stereocenters. The molecule has 5 nitrogen and oxygen atoms in total. The van der Waals surface area contributed by atoms with Crippen molar-refractivity contribution in [2.24, 2.45) is 10.7 Å². The molecule has 1 fully saturated rings. The minimum Gasteiger partial charge on any atom is -0.369 e. The van der Waals surface area contributed by atoms with E-state index in [1.165, 1.54) is 0 Å². The molecule has 35 heavy (non-hydrogen) atoms. The zero-order valence-corrected chi connectivity index (χ0v) is 19.9. The van der Waals surface area contributed by atoms with Gasteiger partial charge in [0.15, 0.2) is 11.5 Å². The van der Waals surface area contributed by atoms with Gasteiger partial charge in [0.2, 0.25) is 0 Å². The second-order valence-corrected chi connectivity index (χ2v) is 9.55. The Labute approximate surface area is 206 Å². The third-order valence-electron chi connectivity index (χ3n) is 7.39. The number of hydrogen-bond acceptors (Lipinski definition) is 4. The summed E-state index contributed by atoms with van der Waals surface area (Å²) in [4.78, 5) is 33.1. The van der Waals surface area contributed by atoms with E-state index in [9.17, 15) is 9.59 Å². The van der Waals surface area contributed by atoms with Crippen molar-refractivity contribution in [3.05, 3.63) is 108 Å². The van der Waals surface area contributed by atoms with Gasteiger partial charge >= 0.3 is 0 Å². The van der Waals surface area contributed by atoms with E-state index in [4.69, 9.17) is 10.7 Å². The van der Waals surface area contributed by atoms with Crippen molar-refractivity contribution in [1.29, 1.82) is 0 Å². The highest BCUT2D eigenvalue weighted by Gasteiger charge is 2.51. The summed E-state index contributed by atoms with van der Waals surface area (Å²) in [7, 11) is 0. The van der Waals surface area contributed by atoms with Crippen LogP contribution in [0.15, 0.2) is 96.0 Å². The number of hydrogen-bond donors (Lipinski definition) is 1. The van der Waals surface area contributed by atoms with E-state index >= 15 is 0 Å². The Morgan fingerprint density at radius 1 is 0.771 bits per heavy atom. The number of carbonyl (C=O) groups is 2. The molecule has 1 heterocycles. The molecule has 1 amide bonds. The van der Waals surface area contributed by atoms with Crippen LogP contribution in [0.5, 0.6) is 0 Å². The maximum absolute atomic E-state index is 13.8. The fourth-order valence-electron chi connectivity index (χ4n) is 5.28. The first-order valence-corrected chi connectivity index (χ1v) is 12.5. The number of aliphatic imine (C=N–C) groups is 1. The number of ketones is 1. The zero-order chi connectivity index (χ0) is 24.3. The molecule has 1 saturated carbocycles. The molecule has 5 rings (SSSR count). The quantitative estimate of drug-likeness (QED) is 0.431. The van der Waals surface area contributed by atoms with Crippen LogP contribution in [0.1, 0.15) is 55.2 Å². The van der Waals surface area contributed by atoms with Crippen LogP contribution in [0, 0.1) is 0 Å². The molecule has 1 aliphatic heterocycles. The van der Waals surface area contributed by atoms with Crippen LogP contribution in [0.2, 0.25) is 0 Å². The minimum absolute atomic E-state index is 0.121. The van der Waals surface area contributed by atoms with Gasteiger partial charge in [-0.2, -0.15) is 0 Å². The zero-order valence-electron chi connectivity index (χ0n) is 19.9. The second-order valence-electron chi connectivity index (χ2n) is 9.55. The number of benzene rings is 3. The minimum atomic E-state index is -1.16. The van der Waals surface area contributed by atoms with Crippen LogP contribution in [-0.2, 0) is 20.5 Å². The van der Waals surface area contributed by atoms with Gasteiger partial charge in [-0.1, -0.05) is 97.4 Å². The molecule has 0 atom stereocenters. The van der Waals surface area contributed by atoms with Crippen molar-refractivity contribution in [3.63, 3.8) is 0 Å². The number of nitrogens with zero attached hydrogens (tertiary/aromatic N) is 2. The summed E-state index contributed by atoms with van der Waals surface area (Å²) >= 11 is 0. The van der Waals surface area contributed by atoms with Crippen LogP contribution >= 0.6 is 0 Å². The van der Waals surface area contributed by atoms with Gasteiger partial charge in [-0.15, -0.1) is 0 Å². The Hall–Kier alpha value is -3.73. The van der Waals surface area contributed by atoms with Crippen LogP contribution in [-0.4, -0.2) is 29.1 Å². The summed E-state index contributed by atoms with van der Waals surface area (Å²) in [5, 5.41) is 0. The second kappa shape index (κ2) is 9.49. The summed E-state index contributed by atoms with van der Waals surface area (Å²) in [6.45, 7) is 0.494. The van der Waals surface area contributed by atoms with Gasteiger partial charge in [-0.25, -0.2) is 4.99 Å². The molecule has 178 valence electrons. The largest absolute Gasteiger partial charge is 0.369 e. The number of amides is 1. The average Bonchev–Trinajstić information content (AvgIpc) is 3.68. The number of carbonyl (C=O) groups excluding carboxylic acids is 2. The predicted molar refractivity (Wildman–Crippen MR) is 138 cm³/mol. The lowest BCUT2D eigenvalue weighted by molar-refractivity contribution is -0.130. The predicted octanol–water partition coefficient (Wildman–Crippen LogP) is 4.95. The maximum atomic E-state index is 13.8. The van der Waals surface area contributed by atoms with Gasteiger partial charge in [0.25, 0.3) is 5.91 Å². The molecule has 2 aliphatic rings. The van der Waals surface area contributed by atoms with Crippen molar-refractivity contribution in [3.8, 4) is 0 Å². The van der Waals surface area contributed by atoms with Crippen molar-refractivity contribution in [2.75, 3.05) is 6.54 Å². The third kappa shape index (κ3) is 4.16. The highest BCUT2D eigenvalue weighted by molar-refractivity contribution is 6.09. The SMILES string of the molecule is NC1=NC(c2ccccc2)(c2ccccc2)C(=O)N1CCCCCC(=O)C1(c2ccccc2)CC1. The van der Waals surface area contributed by atoms with Gasteiger partial charge in [0, 0.05) is 13.0 Å². The third-order valence-corrected chi connectivity index (χ3v) is 7.39. The first kappa shape index (κ1) is 23.0. The average molecular weight is 466 g/mol. The lowest BCUT2D eigenvalue weighted by Gasteiger charge is -2.27. The summed E-state index contributed by atoms with van der Waals surface area (Å²) in [6.07, 6.45) is 4.92.